The number of hydrogen-bond donors (Lipinski definition) is 0. The maximum absolute atomic E-state index is 4.91. The smallest absolute Gasteiger partial charge is 0.160 e. The van der Waals surface area contributed by atoms with E-state index in [0.717, 1.165) is 33.4 Å². The van der Waals surface area contributed by atoms with Gasteiger partial charge in [-0.1, -0.05) is 84.9 Å². The van der Waals surface area contributed by atoms with Crippen LogP contribution >= 0.6 is 0 Å². The number of nitrogens with zero attached hydrogens (tertiary/aromatic N) is 3. The van der Waals surface area contributed by atoms with E-state index in [1.54, 1.807) is 0 Å². The van der Waals surface area contributed by atoms with Crippen molar-refractivity contribution in [1.82, 2.24) is 14.4 Å². The highest BCUT2D eigenvalue weighted by Gasteiger charge is 2.19. The predicted octanol–water partition coefficient (Wildman–Crippen LogP) is 9.78. The van der Waals surface area contributed by atoms with Crippen LogP contribution in [0.3, 0.4) is 0 Å². The largest absolute Gasteiger partial charge is 0.308 e. The molecule has 0 fully saturated rings. The zero-order valence-corrected chi connectivity index (χ0v) is 22.1. The third-order valence-corrected chi connectivity index (χ3v) is 8.36. The number of fused-ring (bicyclic) bond motifs is 7. The van der Waals surface area contributed by atoms with E-state index in [-0.39, 0.29) is 0 Å². The molecule has 0 aliphatic carbocycles. The van der Waals surface area contributed by atoms with Gasteiger partial charge in [0.15, 0.2) is 5.65 Å². The molecule has 0 saturated carbocycles. The van der Waals surface area contributed by atoms with Crippen LogP contribution in [-0.2, 0) is 0 Å². The lowest BCUT2D eigenvalue weighted by molar-refractivity contribution is 1.29. The van der Waals surface area contributed by atoms with Crippen LogP contribution in [0.5, 0.6) is 0 Å². The minimum atomic E-state index is 0.758. The second-order valence-electron chi connectivity index (χ2n) is 10.7. The van der Waals surface area contributed by atoms with Crippen LogP contribution in [0, 0.1) is 0 Å². The molecule has 41 heavy (non-hydrogen) atoms. The van der Waals surface area contributed by atoms with Crippen molar-refractivity contribution in [3.63, 3.8) is 0 Å². The summed E-state index contributed by atoms with van der Waals surface area (Å²) in [5, 5.41) is 6.21. The molecule has 9 rings (SSSR count). The summed E-state index contributed by atoms with van der Waals surface area (Å²) in [5.74, 6) is 0. The Hall–Kier alpha value is -5.54. The predicted molar refractivity (Wildman–Crippen MR) is 171 cm³/mol. The number of rotatable bonds is 3. The topological polar surface area (TPSA) is 30.2 Å². The average molecular weight is 522 g/mol. The standard InChI is InChI=1S/C38H23N3/c1-2-10-24(11-3-1)34-23-31(30-16-9-19-39-38(30)40-34)26-13-8-12-25(20-26)27-21-32-28-14-4-6-17-35(28)41-36-18-7-5-15-29(36)33(22-27)37(32)41/h1-23H. The van der Waals surface area contributed by atoms with Gasteiger partial charge in [-0.25, -0.2) is 9.97 Å². The van der Waals surface area contributed by atoms with Crippen molar-refractivity contribution in [3.8, 4) is 33.5 Å². The van der Waals surface area contributed by atoms with Crippen molar-refractivity contribution in [3.05, 3.63) is 140 Å². The molecule has 0 atom stereocenters. The molecule has 0 radical (unpaired) electrons. The fraction of sp³-hybridized carbons (Fsp3) is 0. The molecule has 5 aromatic carbocycles. The molecule has 4 aromatic heterocycles. The highest BCUT2D eigenvalue weighted by Crippen LogP contribution is 2.42. The molecule has 0 unspecified atom stereocenters. The molecule has 3 heteroatoms. The summed E-state index contributed by atoms with van der Waals surface area (Å²) in [4.78, 5) is 9.53. The Kier molecular flexibility index (Phi) is 4.61. The zero-order chi connectivity index (χ0) is 26.9. The average Bonchev–Trinajstić information content (AvgIpc) is 3.56. The number of hydrogen-bond acceptors (Lipinski definition) is 2. The SMILES string of the molecule is c1ccc(-c2cc(-c3cccc(-c4cc5c6ccccc6n6c7ccccc7c(c4)c56)c3)c3cccnc3n2)cc1. The molecular weight excluding hydrogens is 498 g/mol. The first-order valence-corrected chi connectivity index (χ1v) is 13.9. The van der Waals surface area contributed by atoms with E-state index >= 15 is 0 Å². The van der Waals surface area contributed by atoms with E-state index in [1.807, 2.05) is 18.3 Å². The molecule has 0 bridgehead atoms. The van der Waals surface area contributed by atoms with Crippen LogP contribution in [0.25, 0.3) is 82.6 Å². The third kappa shape index (κ3) is 3.26. The molecule has 9 aromatic rings. The van der Waals surface area contributed by atoms with E-state index in [1.165, 1.54) is 49.2 Å². The van der Waals surface area contributed by atoms with Crippen molar-refractivity contribution < 1.29 is 0 Å². The van der Waals surface area contributed by atoms with Crippen LogP contribution in [0.2, 0.25) is 0 Å². The van der Waals surface area contributed by atoms with Gasteiger partial charge >= 0.3 is 0 Å². The molecule has 3 nitrogen and oxygen atoms in total. The lowest BCUT2D eigenvalue weighted by Gasteiger charge is -2.12. The van der Waals surface area contributed by atoms with E-state index in [4.69, 9.17) is 4.98 Å². The van der Waals surface area contributed by atoms with Crippen molar-refractivity contribution >= 4 is 49.1 Å². The second-order valence-corrected chi connectivity index (χ2v) is 10.7. The number of aromatic nitrogens is 3. The fourth-order valence-electron chi connectivity index (χ4n) is 6.54. The molecule has 0 spiro atoms. The Labute approximate surface area is 236 Å². The van der Waals surface area contributed by atoms with Gasteiger partial charge in [-0.3, -0.25) is 0 Å². The minimum absolute atomic E-state index is 0.758. The lowest BCUT2D eigenvalue weighted by atomic mass is 9.94. The molecular formula is C38H23N3. The number of para-hydroxylation sites is 2. The Morgan fingerprint density at radius 2 is 1.07 bits per heavy atom. The summed E-state index contributed by atoms with van der Waals surface area (Å²) in [6, 6.07) is 47.7. The number of benzene rings is 5. The molecule has 0 aliphatic heterocycles. The van der Waals surface area contributed by atoms with Crippen LogP contribution in [-0.4, -0.2) is 14.4 Å². The normalized spacial score (nSPS) is 11.9. The minimum Gasteiger partial charge on any atom is -0.308 e. The first-order valence-electron chi connectivity index (χ1n) is 13.9. The highest BCUT2D eigenvalue weighted by atomic mass is 14.9. The molecule has 190 valence electrons. The summed E-state index contributed by atoms with van der Waals surface area (Å²) in [7, 11) is 0. The summed E-state index contributed by atoms with van der Waals surface area (Å²) in [6.45, 7) is 0. The first-order chi connectivity index (χ1) is 20.3. The quantitative estimate of drug-likeness (QED) is 0.232. The van der Waals surface area contributed by atoms with Gasteiger partial charge in [0.2, 0.25) is 0 Å². The molecule has 0 aliphatic rings. The first kappa shape index (κ1) is 22.3. The van der Waals surface area contributed by atoms with E-state index in [0.29, 0.717) is 0 Å². The maximum atomic E-state index is 4.91. The maximum Gasteiger partial charge on any atom is 0.160 e. The van der Waals surface area contributed by atoms with Gasteiger partial charge in [0.25, 0.3) is 0 Å². The fourth-order valence-corrected chi connectivity index (χ4v) is 6.54. The van der Waals surface area contributed by atoms with Gasteiger partial charge in [-0.15, -0.1) is 0 Å². The van der Waals surface area contributed by atoms with Crippen LogP contribution in [0.1, 0.15) is 0 Å². The molecule has 4 heterocycles. The monoisotopic (exact) mass is 521 g/mol. The van der Waals surface area contributed by atoms with E-state index in [9.17, 15) is 0 Å². The molecule has 0 amide bonds. The Bertz CT molecular complexity index is 2330. The van der Waals surface area contributed by atoms with Crippen molar-refractivity contribution in [1.29, 1.82) is 0 Å². The number of pyridine rings is 2. The van der Waals surface area contributed by atoms with Crippen LogP contribution in [0.4, 0.5) is 0 Å². The Morgan fingerprint density at radius 3 is 1.83 bits per heavy atom. The van der Waals surface area contributed by atoms with Crippen LogP contribution in [0.15, 0.2) is 140 Å². The van der Waals surface area contributed by atoms with Gasteiger partial charge in [0.05, 0.1) is 22.2 Å². The summed E-state index contributed by atoms with van der Waals surface area (Å²) >= 11 is 0. The zero-order valence-electron chi connectivity index (χ0n) is 22.1. The van der Waals surface area contributed by atoms with E-state index < -0.39 is 0 Å². The van der Waals surface area contributed by atoms with Crippen LogP contribution < -0.4 is 0 Å². The lowest BCUT2D eigenvalue weighted by Crippen LogP contribution is -1.92. The van der Waals surface area contributed by atoms with Gasteiger partial charge in [-0.05, 0) is 70.8 Å². The van der Waals surface area contributed by atoms with E-state index in [2.05, 4.69) is 131 Å². The second kappa shape index (κ2) is 8.48. The third-order valence-electron chi connectivity index (χ3n) is 8.36. The summed E-state index contributed by atoms with van der Waals surface area (Å²) in [5.41, 5.74) is 11.3. The highest BCUT2D eigenvalue weighted by molar-refractivity contribution is 6.24. The van der Waals surface area contributed by atoms with Crippen molar-refractivity contribution in [2.24, 2.45) is 0 Å². The summed E-state index contributed by atoms with van der Waals surface area (Å²) < 4.78 is 2.43. The van der Waals surface area contributed by atoms with Gasteiger partial charge < -0.3 is 4.40 Å². The Balaban J connectivity index is 1.30. The molecule has 0 saturated heterocycles. The van der Waals surface area contributed by atoms with Gasteiger partial charge in [-0.2, -0.15) is 0 Å². The van der Waals surface area contributed by atoms with Gasteiger partial charge in [0.1, 0.15) is 0 Å². The summed E-state index contributed by atoms with van der Waals surface area (Å²) in [6.07, 6.45) is 1.82. The van der Waals surface area contributed by atoms with Crippen molar-refractivity contribution in [2.45, 2.75) is 0 Å². The molecule has 0 N–H and O–H groups in total. The van der Waals surface area contributed by atoms with Gasteiger partial charge in [0, 0.05) is 38.7 Å². The van der Waals surface area contributed by atoms with Crippen molar-refractivity contribution in [2.75, 3.05) is 0 Å². The Morgan fingerprint density at radius 1 is 0.439 bits per heavy atom.